The van der Waals surface area contributed by atoms with Crippen molar-refractivity contribution in [1.82, 2.24) is 4.72 Å². The van der Waals surface area contributed by atoms with Crippen LogP contribution in [-0.4, -0.2) is 21.1 Å². The molecule has 1 atom stereocenters. The zero-order chi connectivity index (χ0) is 12.2. The molecule has 0 amide bonds. The second-order valence-corrected chi connectivity index (χ2v) is 5.94. The van der Waals surface area contributed by atoms with Crippen LogP contribution >= 0.6 is 15.9 Å². The minimum atomic E-state index is -3.50. The standard InChI is InChI=1S/C9H13BrN2O3S/c1-7(6-15-11)12-16(13,14)9-4-2-8(10)3-5-9/h2-5,7,12H,6,11H2,1H3. The van der Waals surface area contributed by atoms with Crippen LogP contribution in [0.4, 0.5) is 0 Å². The van der Waals surface area contributed by atoms with Crippen LogP contribution in [-0.2, 0) is 14.9 Å². The first-order valence-electron chi connectivity index (χ1n) is 4.55. The molecule has 16 heavy (non-hydrogen) atoms. The predicted molar refractivity (Wildman–Crippen MR) is 64.1 cm³/mol. The minimum absolute atomic E-state index is 0.121. The van der Waals surface area contributed by atoms with Crippen LogP contribution in [0, 0.1) is 0 Å². The average molecular weight is 309 g/mol. The smallest absolute Gasteiger partial charge is 0.240 e. The highest BCUT2D eigenvalue weighted by molar-refractivity contribution is 9.10. The molecule has 3 N–H and O–H groups in total. The zero-order valence-electron chi connectivity index (χ0n) is 8.68. The molecule has 0 aliphatic heterocycles. The maximum Gasteiger partial charge on any atom is 0.240 e. The van der Waals surface area contributed by atoms with Crippen molar-refractivity contribution in [1.29, 1.82) is 0 Å². The van der Waals surface area contributed by atoms with Crippen LogP contribution < -0.4 is 10.6 Å². The predicted octanol–water partition coefficient (Wildman–Crippen LogP) is 1.01. The van der Waals surface area contributed by atoms with Crippen molar-refractivity contribution >= 4 is 26.0 Å². The van der Waals surface area contributed by atoms with Crippen LogP contribution in [0.15, 0.2) is 33.6 Å². The fourth-order valence-electron chi connectivity index (χ4n) is 1.13. The Morgan fingerprint density at radius 3 is 2.50 bits per heavy atom. The van der Waals surface area contributed by atoms with Gasteiger partial charge in [0.2, 0.25) is 10.0 Å². The van der Waals surface area contributed by atoms with Gasteiger partial charge in [0.05, 0.1) is 11.5 Å². The molecule has 0 spiro atoms. The molecule has 7 heteroatoms. The number of benzene rings is 1. The van der Waals surface area contributed by atoms with Gasteiger partial charge >= 0.3 is 0 Å². The first-order valence-corrected chi connectivity index (χ1v) is 6.83. The summed E-state index contributed by atoms with van der Waals surface area (Å²) in [5, 5.41) is 0. The summed E-state index contributed by atoms with van der Waals surface area (Å²) in [6.07, 6.45) is 0. The Bertz CT molecular complexity index is 433. The van der Waals surface area contributed by atoms with Gasteiger partial charge in [-0.2, -0.15) is 0 Å². The molecule has 5 nitrogen and oxygen atoms in total. The van der Waals surface area contributed by atoms with Gasteiger partial charge in [0.25, 0.3) is 0 Å². The lowest BCUT2D eigenvalue weighted by Gasteiger charge is -2.12. The highest BCUT2D eigenvalue weighted by atomic mass is 79.9. The van der Waals surface area contributed by atoms with Crippen molar-refractivity contribution in [3.8, 4) is 0 Å². The topological polar surface area (TPSA) is 81.4 Å². The van der Waals surface area contributed by atoms with E-state index in [1.165, 1.54) is 12.1 Å². The summed E-state index contributed by atoms with van der Waals surface area (Å²) in [7, 11) is -3.50. The summed E-state index contributed by atoms with van der Waals surface area (Å²) >= 11 is 3.24. The fraction of sp³-hybridized carbons (Fsp3) is 0.333. The highest BCUT2D eigenvalue weighted by Gasteiger charge is 2.16. The molecule has 1 rings (SSSR count). The summed E-state index contributed by atoms with van der Waals surface area (Å²) in [6.45, 7) is 1.79. The van der Waals surface area contributed by atoms with Crippen molar-refractivity contribution in [2.24, 2.45) is 5.90 Å². The van der Waals surface area contributed by atoms with Gasteiger partial charge < -0.3 is 4.84 Å². The number of sulfonamides is 1. The molecule has 0 aliphatic carbocycles. The molecule has 1 aromatic carbocycles. The summed E-state index contributed by atoms with van der Waals surface area (Å²) in [6, 6.07) is 5.99. The quantitative estimate of drug-likeness (QED) is 0.795. The van der Waals surface area contributed by atoms with Gasteiger partial charge in [-0.25, -0.2) is 19.0 Å². The molecule has 0 bridgehead atoms. The monoisotopic (exact) mass is 308 g/mol. The van der Waals surface area contributed by atoms with E-state index in [1.54, 1.807) is 19.1 Å². The van der Waals surface area contributed by atoms with E-state index in [0.717, 1.165) is 4.47 Å². The number of rotatable bonds is 5. The Hall–Kier alpha value is -0.470. The second kappa shape index (κ2) is 5.74. The Balaban J connectivity index is 2.82. The SMILES string of the molecule is CC(CON)NS(=O)(=O)c1ccc(Br)cc1. The van der Waals surface area contributed by atoms with E-state index >= 15 is 0 Å². The number of nitrogens with two attached hydrogens (primary N) is 1. The van der Waals surface area contributed by atoms with Crippen LogP contribution in [0.1, 0.15) is 6.92 Å². The number of halogens is 1. The normalized spacial score (nSPS) is 13.7. The van der Waals surface area contributed by atoms with Gasteiger partial charge in [0, 0.05) is 10.5 Å². The first-order chi connectivity index (χ1) is 7.45. The van der Waals surface area contributed by atoms with Crippen molar-refractivity contribution in [2.75, 3.05) is 6.61 Å². The summed E-state index contributed by atoms with van der Waals surface area (Å²) in [5.41, 5.74) is 0. The summed E-state index contributed by atoms with van der Waals surface area (Å²) in [4.78, 5) is 4.58. The van der Waals surface area contributed by atoms with E-state index in [9.17, 15) is 8.42 Å². The van der Waals surface area contributed by atoms with Crippen LogP contribution in [0.25, 0.3) is 0 Å². The van der Waals surface area contributed by atoms with Gasteiger partial charge in [-0.3, -0.25) is 0 Å². The Kier molecular flexibility index (Phi) is 4.88. The molecule has 90 valence electrons. The lowest BCUT2D eigenvalue weighted by molar-refractivity contribution is 0.124. The molecule has 0 aliphatic rings. The largest absolute Gasteiger partial charge is 0.303 e. The van der Waals surface area contributed by atoms with E-state index < -0.39 is 10.0 Å². The van der Waals surface area contributed by atoms with Crippen molar-refractivity contribution in [3.05, 3.63) is 28.7 Å². The van der Waals surface area contributed by atoms with Gasteiger partial charge in [-0.15, -0.1) is 0 Å². The van der Waals surface area contributed by atoms with Gasteiger partial charge in [-0.05, 0) is 31.2 Å². The Morgan fingerprint density at radius 2 is 2.00 bits per heavy atom. The van der Waals surface area contributed by atoms with Crippen molar-refractivity contribution in [3.63, 3.8) is 0 Å². The molecular weight excluding hydrogens is 296 g/mol. The molecule has 1 unspecified atom stereocenters. The van der Waals surface area contributed by atoms with Crippen molar-refractivity contribution < 1.29 is 13.3 Å². The molecule has 0 heterocycles. The Labute approximate surface area is 103 Å². The third-order valence-electron chi connectivity index (χ3n) is 1.83. The van der Waals surface area contributed by atoms with E-state index in [0.29, 0.717) is 0 Å². The number of hydrogen-bond donors (Lipinski definition) is 2. The second-order valence-electron chi connectivity index (χ2n) is 3.31. The van der Waals surface area contributed by atoms with Crippen molar-refractivity contribution in [2.45, 2.75) is 17.9 Å². The maximum atomic E-state index is 11.8. The molecular formula is C9H13BrN2O3S. The summed E-state index contributed by atoms with van der Waals surface area (Å²) < 4.78 is 26.9. The van der Waals surface area contributed by atoms with E-state index in [1.807, 2.05) is 0 Å². The fourth-order valence-corrected chi connectivity index (χ4v) is 2.62. The van der Waals surface area contributed by atoms with Crippen LogP contribution in [0.2, 0.25) is 0 Å². The van der Waals surface area contributed by atoms with E-state index in [2.05, 4.69) is 25.5 Å². The van der Waals surface area contributed by atoms with Crippen LogP contribution in [0.3, 0.4) is 0 Å². The Morgan fingerprint density at radius 1 is 1.44 bits per heavy atom. The lowest BCUT2D eigenvalue weighted by atomic mass is 10.4. The highest BCUT2D eigenvalue weighted by Crippen LogP contribution is 2.14. The first kappa shape index (κ1) is 13.6. The minimum Gasteiger partial charge on any atom is -0.303 e. The van der Waals surface area contributed by atoms with E-state index in [-0.39, 0.29) is 17.5 Å². The van der Waals surface area contributed by atoms with E-state index in [4.69, 9.17) is 5.90 Å². The molecule has 1 aromatic rings. The van der Waals surface area contributed by atoms with Gasteiger partial charge in [0.15, 0.2) is 0 Å². The molecule has 0 saturated heterocycles. The molecule has 0 fully saturated rings. The zero-order valence-corrected chi connectivity index (χ0v) is 11.1. The summed E-state index contributed by atoms with van der Waals surface area (Å²) in [5.74, 6) is 4.87. The number of hydrogen-bond acceptors (Lipinski definition) is 4. The third-order valence-corrected chi connectivity index (χ3v) is 3.96. The number of nitrogens with one attached hydrogen (secondary N) is 1. The molecule has 0 aromatic heterocycles. The molecule has 0 radical (unpaired) electrons. The van der Waals surface area contributed by atoms with Crippen LogP contribution in [0.5, 0.6) is 0 Å². The lowest BCUT2D eigenvalue weighted by Crippen LogP contribution is -2.36. The molecule has 0 saturated carbocycles. The maximum absolute atomic E-state index is 11.8. The van der Waals surface area contributed by atoms with Gasteiger partial charge in [0.1, 0.15) is 0 Å². The van der Waals surface area contributed by atoms with Gasteiger partial charge in [-0.1, -0.05) is 15.9 Å². The third kappa shape index (κ3) is 3.84. The average Bonchev–Trinajstić information content (AvgIpc) is 2.17.